The van der Waals surface area contributed by atoms with E-state index in [1.165, 1.54) is 0 Å². The van der Waals surface area contributed by atoms with Crippen molar-refractivity contribution in [2.75, 3.05) is 11.9 Å². The van der Waals surface area contributed by atoms with Gasteiger partial charge in [-0.25, -0.2) is 0 Å². The number of benzene rings is 1. The maximum atomic E-state index is 11.4. The van der Waals surface area contributed by atoms with E-state index in [1.54, 1.807) is 24.3 Å². The molecule has 1 unspecified atom stereocenters. The second-order valence-corrected chi connectivity index (χ2v) is 4.22. The van der Waals surface area contributed by atoms with Crippen molar-refractivity contribution in [1.29, 1.82) is 0 Å². The monoisotopic (exact) mass is 222 g/mol. The van der Waals surface area contributed by atoms with E-state index in [0.29, 0.717) is 0 Å². The molecular weight excluding hydrogens is 204 g/mol. The summed E-state index contributed by atoms with van der Waals surface area (Å²) in [5.74, 6) is -0.000741. The van der Waals surface area contributed by atoms with Gasteiger partial charge in [0.05, 0.1) is 0 Å². The van der Waals surface area contributed by atoms with Gasteiger partial charge in [-0.05, 0) is 30.2 Å². The Morgan fingerprint density at radius 1 is 1.31 bits per heavy atom. The summed E-state index contributed by atoms with van der Waals surface area (Å²) in [6, 6.07) is 6.35. The molecule has 0 radical (unpaired) electrons. The fraction of sp³-hybridized carbons (Fsp3) is 0.417. The van der Waals surface area contributed by atoms with Crippen molar-refractivity contribution in [3.8, 4) is 5.75 Å². The van der Waals surface area contributed by atoms with Gasteiger partial charge in [0.1, 0.15) is 11.8 Å². The molecule has 1 rings (SSSR count). The lowest BCUT2D eigenvalue weighted by Gasteiger charge is -2.30. The fourth-order valence-corrected chi connectivity index (χ4v) is 1.81. The van der Waals surface area contributed by atoms with E-state index in [-0.39, 0.29) is 23.6 Å². The molecule has 1 aromatic rings. The Kier molecular flexibility index (Phi) is 3.77. The third kappa shape index (κ3) is 2.66. The second kappa shape index (κ2) is 4.88. The summed E-state index contributed by atoms with van der Waals surface area (Å²) < 4.78 is 0. The summed E-state index contributed by atoms with van der Waals surface area (Å²) >= 11 is 0. The number of nitrogens with two attached hydrogens (primary N) is 1. The van der Waals surface area contributed by atoms with E-state index in [9.17, 15) is 9.90 Å². The van der Waals surface area contributed by atoms with Gasteiger partial charge in [0, 0.05) is 12.7 Å². The first-order valence-corrected chi connectivity index (χ1v) is 5.24. The molecule has 1 aromatic carbocycles. The van der Waals surface area contributed by atoms with Gasteiger partial charge in [-0.15, -0.1) is 0 Å². The van der Waals surface area contributed by atoms with E-state index in [0.717, 1.165) is 5.69 Å². The molecule has 0 fully saturated rings. The highest BCUT2D eigenvalue weighted by Gasteiger charge is 2.24. The van der Waals surface area contributed by atoms with Crippen molar-refractivity contribution in [3.63, 3.8) is 0 Å². The van der Waals surface area contributed by atoms with Crippen molar-refractivity contribution in [3.05, 3.63) is 24.3 Å². The van der Waals surface area contributed by atoms with Crippen LogP contribution in [0.25, 0.3) is 0 Å². The first-order valence-electron chi connectivity index (χ1n) is 5.24. The van der Waals surface area contributed by atoms with Gasteiger partial charge < -0.3 is 15.7 Å². The number of hydrogen-bond acceptors (Lipinski definition) is 3. The Morgan fingerprint density at radius 2 is 1.81 bits per heavy atom. The van der Waals surface area contributed by atoms with Crippen LogP contribution in [0.4, 0.5) is 5.69 Å². The lowest BCUT2D eigenvalue weighted by molar-refractivity contribution is -0.120. The van der Waals surface area contributed by atoms with Crippen molar-refractivity contribution in [1.82, 2.24) is 0 Å². The van der Waals surface area contributed by atoms with Crippen LogP contribution in [0.1, 0.15) is 13.8 Å². The van der Waals surface area contributed by atoms with E-state index < -0.39 is 0 Å². The smallest absolute Gasteiger partial charge is 0.240 e. The van der Waals surface area contributed by atoms with Crippen LogP contribution < -0.4 is 10.6 Å². The minimum atomic E-state index is -0.343. The lowest BCUT2D eigenvalue weighted by Crippen LogP contribution is -2.46. The third-order valence-electron chi connectivity index (χ3n) is 2.60. The molecule has 0 spiro atoms. The second-order valence-electron chi connectivity index (χ2n) is 4.22. The van der Waals surface area contributed by atoms with Crippen LogP contribution in [-0.4, -0.2) is 24.1 Å². The molecule has 0 heterocycles. The van der Waals surface area contributed by atoms with Gasteiger partial charge in [-0.3, -0.25) is 4.79 Å². The number of phenolic OH excluding ortho intramolecular Hbond substituents is 1. The van der Waals surface area contributed by atoms with Crippen molar-refractivity contribution in [2.24, 2.45) is 11.7 Å². The molecule has 4 nitrogen and oxygen atoms in total. The molecule has 0 bridgehead atoms. The van der Waals surface area contributed by atoms with Crippen LogP contribution in [-0.2, 0) is 4.79 Å². The number of phenols is 1. The van der Waals surface area contributed by atoms with Gasteiger partial charge in [0.2, 0.25) is 5.91 Å². The molecule has 1 atom stereocenters. The summed E-state index contributed by atoms with van der Waals surface area (Å²) in [5, 5.41) is 9.19. The van der Waals surface area contributed by atoms with Crippen LogP contribution in [0.15, 0.2) is 24.3 Å². The zero-order chi connectivity index (χ0) is 12.3. The van der Waals surface area contributed by atoms with Gasteiger partial charge in [-0.2, -0.15) is 0 Å². The van der Waals surface area contributed by atoms with Gasteiger partial charge in [0.25, 0.3) is 0 Å². The number of amides is 1. The fourth-order valence-electron chi connectivity index (χ4n) is 1.81. The summed E-state index contributed by atoms with van der Waals surface area (Å²) in [4.78, 5) is 13.2. The van der Waals surface area contributed by atoms with Crippen LogP contribution >= 0.6 is 0 Å². The Morgan fingerprint density at radius 3 is 2.19 bits per heavy atom. The molecule has 0 saturated heterocycles. The number of rotatable bonds is 4. The molecule has 3 N–H and O–H groups in total. The average Bonchev–Trinajstić information content (AvgIpc) is 2.17. The normalized spacial score (nSPS) is 12.5. The van der Waals surface area contributed by atoms with Crippen molar-refractivity contribution < 1.29 is 9.90 Å². The molecule has 16 heavy (non-hydrogen) atoms. The maximum Gasteiger partial charge on any atom is 0.240 e. The SMILES string of the molecule is CC(C)C(C(N)=O)N(C)c1ccc(O)cc1. The van der Waals surface area contributed by atoms with E-state index in [1.807, 2.05) is 25.8 Å². The first kappa shape index (κ1) is 12.4. The molecule has 0 aliphatic carbocycles. The molecule has 0 aliphatic heterocycles. The standard InChI is InChI=1S/C12H18N2O2/c1-8(2)11(12(13)16)14(3)9-4-6-10(15)7-5-9/h4-8,11,15H,1-3H3,(H2,13,16). The summed E-state index contributed by atoms with van der Waals surface area (Å²) in [6.07, 6.45) is 0. The quantitative estimate of drug-likeness (QED) is 0.807. The van der Waals surface area contributed by atoms with Crippen LogP contribution in [0.5, 0.6) is 5.75 Å². The Balaban J connectivity index is 2.94. The molecule has 0 aromatic heterocycles. The summed E-state index contributed by atoms with van der Waals surface area (Å²) in [6.45, 7) is 3.90. The van der Waals surface area contributed by atoms with Crippen LogP contribution in [0.3, 0.4) is 0 Å². The highest BCUT2D eigenvalue weighted by molar-refractivity contribution is 5.83. The summed E-state index contributed by atoms with van der Waals surface area (Å²) in [5.41, 5.74) is 6.23. The largest absolute Gasteiger partial charge is 0.508 e. The first-order chi connectivity index (χ1) is 7.43. The number of anilines is 1. The highest BCUT2D eigenvalue weighted by atomic mass is 16.3. The highest BCUT2D eigenvalue weighted by Crippen LogP contribution is 2.21. The molecule has 0 saturated carbocycles. The van der Waals surface area contributed by atoms with Gasteiger partial charge in [0.15, 0.2) is 0 Å². The Labute approximate surface area is 95.7 Å². The van der Waals surface area contributed by atoms with Crippen LogP contribution in [0, 0.1) is 5.92 Å². The average molecular weight is 222 g/mol. The lowest BCUT2D eigenvalue weighted by atomic mass is 10.0. The van der Waals surface area contributed by atoms with E-state index >= 15 is 0 Å². The molecule has 88 valence electrons. The molecule has 1 amide bonds. The number of nitrogens with zero attached hydrogens (tertiary/aromatic N) is 1. The predicted octanol–water partition coefficient (Wildman–Crippen LogP) is 1.34. The number of hydrogen-bond donors (Lipinski definition) is 2. The minimum Gasteiger partial charge on any atom is -0.508 e. The third-order valence-corrected chi connectivity index (χ3v) is 2.60. The van der Waals surface area contributed by atoms with Gasteiger partial charge in [-0.1, -0.05) is 13.8 Å². The van der Waals surface area contributed by atoms with Gasteiger partial charge >= 0.3 is 0 Å². The number of carbonyl (C=O) groups is 1. The number of carbonyl (C=O) groups excluding carboxylic acids is 1. The van der Waals surface area contributed by atoms with Crippen LogP contribution in [0.2, 0.25) is 0 Å². The summed E-state index contributed by atoms with van der Waals surface area (Å²) in [7, 11) is 1.82. The van der Waals surface area contributed by atoms with E-state index in [4.69, 9.17) is 5.73 Å². The molecule has 0 aliphatic rings. The topological polar surface area (TPSA) is 66.6 Å². The number of likely N-dealkylation sites (N-methyl/N-ethyl adjacent to an activating group) is 1. The van der Waals surface area contributed by atoms with Crippen molar-refractivity contribution >= 4 is 11.6 Å². The van der Waals surface area contributed by atoms with Crippen molar-refractivity contribution in [2.45, 2.75) is 19.9 Å². The Bertz CT molecular complexity index is 360. The number of aromatic hydroxyl groups is 1. The maximum absolute atomic E-state index is 11.4. The number of primary amides is 1. The Hall–Kier alpha value is -1.71. The van der Waals surface area contributed by atoms with E-state index in [2.05, 4.69) is 0 Å². The zero-order valence-corrected chi connectivity index (χ0v) is 9.84. The predicted molar refractivity (Wildman–Crippen MR) is 64.3 cm³/mol. The molecule has 4 heteroatoms. The molecular formula is C12H18N2O2. The minimum absolute atomic E-state index is 0.135. The zero-order valence-electron chi connectivity index (χ0n) is 9.84.